The van der Waals surface area contributed by atoms with Crippen molar-refractivity contribution in [3.8, 4) is 67.9 Å². The van der Waals surface area contributed by atoms with E-state index in [1.54, 1.807) is 18.6 Å². The average molecular weight is 1520 g/mol. The second-order valence-corrected chi connectivity index (χ2v) is 34.1. The molecule has 3 fully saturated rings. The number of aliphatic hydroxyl groups is 1. The highest BCUT2D eigenvalue weighted by Crippen LogP contribution is 2.41. The van der Waals surface area contributed by atoms with Crippen LogP contribution in [0.15, 0.2) is 111 Å². The lowest BCUT2D eigenvalue weighted by Gasteiger charge is -2.22. The van der Waals surface area contributed by atoms with E-state index in [1.165, 1.54) is 65.4 Å². The molecule has 1 N–H and O–H groups in total. The fourth-order valence-electron chi connectivity index (χ4n) is 14.2. The highest BCUT2D eigenvalue weighted by Gasteiger charge is 2.29. The van der Waals surface area contributed by atoms with Gasteiger partial charge in [-0.1, -0.05) is 25.7 Å². The summed E-state index contributed by atoms with van der Waals surface area (Å²) in [5.41, 5.74) is 10.1. The van der Waals surface area contributed by atoms with E-state index in [-0.39, 0.29) is 83.2 Å². The van der Waals surface area contributed by atoms with E-state index in [9.17, 15) is 13.9 Å². The van der Waals surface area contributed by atoms with Crippen LogP contribution in [0.4, 0.5) is 26.3 Å². The van der Waals surface area contributed by atoms with Gasteiger partial charge >= 0.3 is 0 Å². The third kappa shape index (κ3) is 16.9. The van der Waals surface area contributed by atoms with Gasteiger partial charge in [-0.25, -0.2) is 36.3 Å². The second kappa shape index (κ2) is 34.3. The molecule has 0 saturated carbocycles. The Morgan fingerprint density at radius 2 is 0.798 bits per heavy atom. The lowest BCUT2D eigenvalue weighted by atomic mass is 9.97. The van der Waals surface area contributed by atoms with Crippen LogP contribution < -0.4 is 28.4 Å². The monoisotopic (exact) mass is 1520 g/mol. The molecule has 11 aromatic rings. The molecule has 1 aliphatic carbocycles. The number of rotatable bonds is 24. The minimum Gasteiger partial charge on any atom is -0.494 e. The molecule has 0 spiro atoms. The van der Waals surface area contributed by atoms with Crippen LogP contribution in [-0.4, -0.2) is 156 Å². The zero-order chi connectivity index (χ0) is 76.6. The number of halogens is 6. The Labute approximate surface area is 628 Å². The van der Waals surface area contributed by atoms with E-state index < -0.39 is 43.0 Å². The molecule has 0 atom stereocenters. The van der Waals surface area contributed by atoms with Gasteiger partial charge in [0, 0.05) is 214 Å². The van der Waals surface area contributed by atoms with Gasteiger partial charge < -0.3 is 61.6 Å². The number of benzene rings is 3. The van der Waals surface area contributed by atoms with E-state index in [0.717, 1.165) is 127 Å². The fraction of sp³-hybridized carbons (Fsp3) is 0.400. The summed E-state index contributed by atoms with van der Waals surface area (Å²) in [5, 5.41) is 25.0. The maximum atomic E-state index is 15.3. The molecular weight excluding hydrogens is 1430 g/mol. The molecule has 576 valence electrons. The normalized spacial score (nSPS) is 15.0. The van der Waals surface area contributed by atoms with Crippen LogP contribution in [0.3, 0.4) is 0 Å². The molecule has 109 heavy (non-hydrogen) atoms. The largest absolute Gasteiger partial charge is 0.494 e. The van der Waals surface area contributed by atoms with Crippen LogP contribution >= 0.6 is 0 Å². The van der Waals surface area contributed by atoms with Crippen LogP contribution in [0.2, 0.25) is 25.7 Å². The summed E-state index contributed by atoms with van der Waals surface area (Å²) >= 11 is 0. The zero-order valence-corrected chi connectivity index (χ0v) is 63.5. The van der Waals surface area contributed by atoms with Crippen molar-refractivity contribution in [1.82, 2.24) is 53.4 Å². The quantitative estimate of drug-likeness (QED) is 0.0338. The first-order valence-electron chi connectivity index (χ1n) is 36.3. The van der Waals surface area contributed by atoms with Gasteiger partial charge in [-0.15, -0.1) is 0 Å². The third-order valence-corrected chi connectivity index (χ3v) is 22.1. The first-order valence-corrected chi connectivity index (χ1v) is 40.0. The molecule has 3 aliphatic heterocycles. The number of allylic oxidation sites excluding steroid dienone is 2. The van der Waals surface area contributed by atoms with E-state index in [4.69, 9.17) is 52.4 Å². The van der Waals surface area contributed by atoms with Gasteiger partial charge in [0.1, 0.15) is 24.8 Å². The van der Waals surface area contributed by atoms with Crippen molar-refractivity contribution >= 4 is 35.7 Å². The molecule has 15 rings (SSSR count). The van der Waals surface area contributed by atoms with Crippen LogP contribution in [0, 0.1) is 34.9 Å². The number of fused-ring (bicyclic) bond motifs is 3. The van der Waals surface area contributed by atoms with Crippen molar-refractivity contribution in [2.75, 3.05) is 88.9 Å². The van der Waals surface area contributed by atoms with E-state index in [1.807, 2.05) is 92.5 Å². The second-order valence-electron chi connectivity index (χ2n) is 28.4. The molecular formula is C80H89F6N11O11Si. The number of hydrogen-bond acceptors (Lipinski definition) is 17. The van der Waals surface area contributed by atoms with Crippen LogP contribution in [0.25, 0.3) is 61.0 Å². The van der Waals surface area contributed by atoms with Gasteiger partial charge in [-0.3, -0.25) is 19.0 Å². The minimum absolute atomic E-state index is 0.0178. The highest BCUT2D eigenvalue weighted by atomic mass is 28.3. The van der Waals surface area contributed by atoms with Crippen molar-refractivity contribution in [2.45, 2.75) is 121 Å². The molecule has 11 heterocycles. The van der Waals surface area contributed by atoms with Gasteiger partial charge in [-0.05, 0) is 79.5 Å². The summed E-state index contributed by atoms with van der Waals surface area (Å²) in [6, 6.07) is 11.5. The van der Waals surface area contributed by atoms with Crippen molar-refractivity contribution in [2.24, 2.45) is 0 Å². The first-order chi connectivity index (χ1) is 52.8. The smallest absolute Gasteiger partial charge is 0.171 e. The lowest BCUT2D eigenvalue weighted by Crippen LogP contribution is -2.22. The van der Waals surface area contributed by atoms with E-state index in [0.29, 0.717) is 72.9 Å². The number of ether oxygens (including phenoxy) is 10. The summed E-state index contributed by atoms with van der Waals surface area (Å²) in [5.74, 6) is -4.98. The Hall–Kier alpha value is -10.0. The van der Waals surface area contributed by atoms with E-state index in [2.05, 4.69) is 44.9 Å². The Bertz CT molecular complexity index is 4990. The summed E-state index contributed by atoms with van der Waals surface area (Å²) in [6.07, 6.45) is 28.5. The number of aromatic nitrogens is 11. The predicted molar refractivity (Wildman–Crippen MR) is 400 cm³/mol. The van der Waals surface area contributed by atoms with Crippen molar-refractivity contribution < 1.29 is 78.8 Å². The molecule has 0 bridgehead atoms. The molecule has 22 nitrogen and oxygen atoms in total. The van der Waals surface area contributed by atoms with Gasteiger partial charge in [-0.2, -0.15) is 15.3 Å². The Kier molecular flexibility index (Phi) is 24.2. The Morgan fingerprint density at radius 3 is 1.17 bits per heavy atom. The van der Waals surface area contributed by atoms with Gasteiger partial charge in [0.25, 0.3) is 0 Å². The highest BCUT2D eigenvalue weighted by molar-refractivity contribution is 6.76. The van der Waals surface area contributed by atoms with Crippen LogP contribution in [0.5, 0.6) is 34.5 Å². The maximum absolute atomic E-state index is 15.3. The Balaban J connectivity index is 0.000000145. The predicted octanol–water partition coefficient (Wildman–Crippen LogP) is 15.3. The average Bonchev–Trinajstić information content (AvgIpc) is 1.68. The molecule has 29 heteroatoms. The van der Waals surface area contributed by atoms with Crippen LogP contribution in [-0.2, 0) is 58.1 Å². The van der Waals surface area contributed by atoms with Gasteiger partial charge in [0.15, 0.2) is 69.4 Å². The fourth-order valence-corrected chi connectivity index (χ4v) is 14.9. The first kappa shape index (κ1) is 77.1. The third-order valence-electron chi connectivity index (χ3n) is 20.4. The standard InChI is InChI=1S/C30H38F2N4O4Si.C25H26F2N4O4.C25H25F2N3O3/c1-37-26-14-27(38-2)29(32)25(28(26)31)13-21-17-35(19-40-10-11-41(3,4)5)30-24(21)12-20(15-33-30)22-16-34-36(18-22)23-6-8-39-9-7-23;1-33-21-9-22(34-2)24(27)20(23(21)26)8-16-12-30(14-32)25-19(16)7-15(10-28-25)17-11-29-31(13-17)18-3-5-35-6-4-18;1-31-22-11-23(32-2)25(27)20(24(22)26)9-15-3-4-21-19(15)10-16(12-28-21)17-13-29-30(14-17)18-5-7-33-8-6-18/h12,14-18,23H,6-11,13,19H2,1-5H3;7,9-13,18,32H,3-6,8,14H2,1-2H3;3,10-14,18H,4-9H2,1-2H3. The van der Waals surface area contributed by atoms with Crippen molar-refractivity contribution in [3.63, 3.8) is 0 Å². The number of methoxy groups -OCH3 is 6. The topological polar surface area (TPSA) is 215 Å². The number of hydrogen-bond donors (Lipinski definition) is 1. The zero-order valence-electron chi connectivity index (χ0n) is 62.5. The summed E-state index contributed by atoms with van der Waals surface area (Å²) in [4.78, 5) is 13.9. The molecule has 0 radical (unpaired) electrons. The molecule has 4 aliphatic rings. The van der Waals surface area contributed by atoms with E-state index >= 15 is 17.6 Å². The summed E-state index contributed by atoms with van der Waals surface area (Å²) in [7, 11) is 6.76. The minimum atomic E-state index is -1.25. The summed E-state index contributed by atoms with van der Waals surface area (Å²) < 4.78 is 153. The van der Waals surface area contributed by atoms with Gasteiger partial charge in [0.05, 0.1) is 85.1 Å². The van der Waals surface area contributed by atoms with Crippen molar-refractivity contribution in [3.05, 3.63) is 185 Å². The molecule has 3 saturated heterocycles. The number of nitrogens with zero attached hydrogens (tertiary/aromatic N) is 11. The summed E-state index contributed by atoms with van der Waals surface area (Å²) in [6.45, 7) is 11.9. The molecule has 8 aromatic heterocycles. The molecule has 3 aromatic carbocycles. The SMILES string of the molecule is COc1cc(OC)c(F)c(CC2=CCc3ncc(-c4cnn(C5CCOCC5)c4)cc32)c1F.COc1cc(OC)c(F)c(Cc2cn(CO)c3ncc(-c4cnn(C5CCOCC5)c4)cc23)c1F.COc1cc(OC)c(F)c(Cc2cn(COCC[Si](C)(C)C)c3ncc(-c4cnn(C5CCOCC5)c4)cc23)c1F. The number of pyridine rings is 3. The molecule has 0 unspecified atom stereocenters. The molecule has 0 amide bonds. The Morgan fingerprint density at radius 1 is 0.440 bits per heavy atom. The van der Waals surface area contributed by atoms with Crippen LogP contribution in [0.1, 0.15) is 95.7 Å². The van der Waals surface area contributed by atoms with Crippen molar-refractivity contribution in [1.29, 1.82) is 0 Å². The van der Waals surface area contributed by atoms with Gasteiger partial charge in [0.2, 0.25) is 0 Å². The lowest BCUT2D eigenvalue weighted by molar-refractivity contribution is 0.0661. The maximum Gasteiger partial charge on any atom is 0.171 e. The number of aliphatic hydroxyl groups excluding tert-OH is 1.